The zero-order valence-corrected chi connectivity index (χ0v) is 20.5. The van der Waals surface area contributed by atoms with E-state index in [0.717, 1.165) is 19.3 Å². The van der Waals surface area contributed by atoms with Gasteiger partial charge in [0.05, 0.1) is 17.4 Å². The molecule has 2 aliphatic rings. The Hall–Kier alpha value is -3.40. The molecule has 4 rings (SSSR count). The summed E-state index contributed by atoms with van der Waals surface area (Å²) in [6, 6.07) is 13.3. The van der Waals surface area contributed by atoms with Gasteiger partial charge < -0.3 is 15.0 Å². The summed E-state index contributed by atoms with van der Waals surface area (Å²) in [6.07, 6.45) is 3.54. The van der Waals surface area contributed by atoms with E-state index in [4.69, 9.17) is 4.74 Å². The quantitative estimate of drug-likeness (QED) is 0.607. The highest BCUT2D eigenvalue weighted by atomic mass is 32.2. The number of benzene rings is 2. The zero-order chi connectivity index (χ0) is 24.8. The number of anilines is 2. The van der Waals surface area contributed by atoms with Gasteiger partial charge in [-0.05, 0) is 62.2 Å². The highest BCUT2D eigenvalue weighted by Gasteiger charge is 2.35. The van der Waals surface area contributed by atoms with Crippen LogP contribution in [0.1, 0.15) is 39.0 Å². The number of rotatable bonds is 7. The van der Waals surface area contributed by atoms with Crippen molar-refractivity contribution in [2.45, 2.75) is 43.9 Å². The summed E-state index contributed by atoms with van der Waals surface area (Å²) in [5.74, 6) is 0.165. The fourth-order valence-corrected chi connectivity index (χ4v) is 5.31. The molecule has 9 nitrogen and oxygen atoms in total. The van der Waals surface area contributed by atoms with Crippen molar-refractivity contribution in [1.82, 2.24) is 4.72 Å². The van der Waals surface area contributed by atoms with E-state index in [1.165, 1.54) is 12.1 Å². The van der Waals surface area contributed by atoms with E-state index in [2.05, 4.69) is 15.0 Å². The number of ether oxygens (including phenoxy) is 1. The zero-order valence-electron chi connectivity index (χ0n) is 19.7. The maximum Gasteiger partial charge on any atom is 0.262 e. The molecule has 0 radical (unpaired) electrons. The van der Waals surface area contributed by atoms with Gasteiger partial charge in [0.15, 0.2) is 0 Å². The number of hydrogen-bond donors (Lipinski definition) is 2. The van der Waals surface area contributed by atoms with Crippen LogP contribution in [0.2, 0.25) is 0 Å². The van der Waals surface area contributed by atoms with Gasteiger partial charge in [-0.25, -0.2) is 8.42 Å². The van der Waals surface area contributed by atoms with E-state index in [1.54, 1.807) is 41.3 Å². The predicted molar refractivity (Wildman–Crippen MR) is 134 cm³/mol. The van der Waals surface area contributed by atoms with Crippen LogP contribution in [0.15, 0.2) is 58.4 Å². The van der Waals surface area contributed by atoms with Crippen LogP contribution in [-0.4, -0.2) is 45.8 Å². The smallest absolute Gasteiger partial charge is 0.262 e. The average molecular weight is 499 g/mol. The molecule has 2 amide bonds. The summed E-state index contributed by atoms with van der Waals surface area (Å²) in [5, 5.41) is 2.77. The number of sulfonamides is 1. The number of amidine groups is 1. The van der Waals surface area contributed by atoms with Crippen LogP contribution in [0.25, 0.3) is 0 Å². The molecule has 186 valence electrons. The monoisotopic (exact) mass is 498 g/mol. The number of carbonyl (C=O) groups excluding carboxylic acids is 2. The van der Waals surface area contributed by atoms with Crippen molar-refractivity contribution in [2.75, 3.05) is 29.9 Å². The fraction of sp³-hybridized carbons (Fsp3) is 0.400. The SMILES string of the molecule is CCOc1ccc(N2CC(C(=O)Nc3cccc(S(=O)(=O)NC4=NCCCCC4)c3)CC2=O)cc1. The number of amides is 2. The van der Waals surface area contributed by atoms with Crippen LogP contribution in [0.4, 0.5) is 11.4 Å². The van der Waals surface area contributed by atoms with Crippen LogP contribution in [-0.2, 0) is 19.6 Å². The molecular weight excluding hydrogens is 468 g/mol. The first-order chi connectivity index (χ1) is 16.9. The molecule has 10 heteroatoms. The van der Waals surface area contributed by atoms with Gasteiger partial charge in [0.2, 0.25) is 11.8 Å². The van der Waals surface area contributed by atoms with Gasteiger partial charge in [-0.1, -0.05) is 12.5 Å². The molecule has 0 spiro atoms. The Morgan fingerprint density at radius 3 is 2.71 bits per heavy atom. The Kier molecular flexibility index (Phi) is 7.70. The second kappa shape index (κ2) is 10.9. The molecule has 1 atom stereocenters. The second-order valence-corrected chi connectivity index (χ2v) is 10.3. The molecule has 0 bridgehead atoms. The maximum atomic E-state index is 12.9. The Morgan fingerprint density at radius 2 is 1.94 bits per heavy atom. The van der Waals surface area contributed by atoms with E-state index < -0.39 is 15.9 Å². The Labute approximate surface area is 205 Å². The molecule has 1 unspecified atom stereocenters. The Morgan fingerprint density at radius 1 is 1.14 bits per heavy atom. The second-order valence-electron chi connectivity index (χ2n) is 8.59. The molecule has 0 saturated carbocycles. The predicted octanol–water partition coefficient (Wildman–Crippen LogP) is 3.33. The molecule has 2 aromatic carbocycles. The van der Waals surface area contributed by atoms with Crippen molar-refractivity contribution in [3.8, 4) is 5.75 Å². The fourth-order valence-electron chi connectivity index (χ4n) is 4.18. The third kappa shape index (κ3) is 6.19. The lowest BCUT2D eigenvalue weighted by Gasteiger charge is -2.17. The van der Waals surface area contributed by atoms with E-state index in [9.17, 15) is 18.0 Å². The standard InChI is InChI=1S/C25H30N4O5S/c1-2-34-21-12-10-20(11-13-21)29-17-18(15-24(29)30)25(31)27-19-7-6-8-22(16-19)35(32,33)28-23-9-4-3-5-14-26-23/h6-8,10-13,16,18H,2-5,9,14-15,17H2,1H3,(H,26,28)(H,27,31). The van der Waals surface area contributed by atoms with Gasteiger partial charge in [0.25, 0.3) is 10.0 Å². The summed E-state index contributed by atoms with van der Waals surface area (Å²) in [4.78, 5) is 31.4. The van der Waals surface area contributed by atoms with Crippen LogP contribution in [0.3, 0.4) is 0 Å². The molecule has 0 aliphatic carbocycles. The van der Waals surface area contributed by atoms with Crippen molar-refractivity contribution < 1.29 is 22.7 Å². The number of aliphatic imine (C=N–C) groups is 1. The van der Waals surface area contributed by atoms with Crippen LogP contribution >= 0.6 is 0 Å². The Balaban J connectivity index is 1.40. The summed E-state index contributed by atoms with van der Waals surface area (Å²) in [5.41, 5.74) is 1.06. The van der Waals surface area contributed by atoms with Gasteiger partial charge in [-0.3, -0.25) is 19.3 Å². The van der Waals surface area contributed by atoms with Crippen LogP contribution in [0.5, 0.6) is 5.75 Å². The van der Waals surface area contributed by atoms with Crippen LogP contribution in [0, 0.1) is 5.92 Å². The molecule has 1 fully saturated rings. The largest absolute Gasteiger partial charge is 0.494 e. The first-order valence-electron chi connectivity index (χ1n) is 11.9. The molecule has 2 aliphatic heterocycles. The van der Waals surface area contributed by atoms with E-state index in [-0.39, 0.29) is 29.7 Å². The molecule has 2 heterocycles. The third-order valence-corrected chi connectivity index (χ3v) is 7.37. The Bertz CT molecular complexity index is 1210. The molecule has 0 aromatic heterocycles. The lowest BCUT2D eigenvalue weighted by Crippen LogP contribution is -2.31. The summed E-state index contributed by atoms with van der Waals surface area (Å²) < 4.78 is 33.7. The lowest BCUT2D eigenvalue weighted by molar-refractivity contribution is -0.122. The minimum atomic E-state index is -3.82. The third-order valence-electron chi connectivity index (χ3n) is 5.99. The topological polar surface area (TPSA) is 117 Å². The van der Waals surface area contributed by atoms with E-state index in [1.807, 2.05) is 6.92 Å². The van der Waals surface area contributed by atoms with Crippen molar-refractivity contribution in [1.29, 1.82) is 0 Å². The highest BCUT2D eigenvalue weighted by Crippen LogP contribution is 2.28. The van der Waals surface area contributed by atoms with Crippen molar-refractivity contribution >= 4 is 39.0 Å². The van der Waals surface area contributed by atoms with Crippen molar-refractivity contribution in [3.05, 3.63) is 48.5 Å². The minimum absolute atomic E-state index is 0.0424. The molecule has 1 saturated heterocycles. The van der Waals surface area contributed by atoms with Gasteiger partial charge in [0.1, 0.15) is 11.6 Å². The summed E-state index contributed by atoms with van der Waals surface area (Å²) in [6.45, 7) is 3.31. The molecule has 2 N–H and O–H groups in total. The molecular formula is C25H30N4O5S. The highest BCUT2D eigenvalue weighted by molar-refractivity contribution is 7.90. The summed E-state index contributed by atoms with van der Waals surface area (Å²) in [7, 11) is -3.82. The maximum absolute atomic E-state index is 12.9. The summed E-state index contributed by atoms with van der Waals surface area (Å²) >= 11 is 0. The average Bonchev–Trinajstić information content (AvgIpc) is 3.05. The van der Waals surface area contributed by atoms with Crippen LogP contribution < -0.4 is 19.7 Å². The van der Waals surface area contributed by atoms with Crippen molar-refractivity contribution in [3.63, 3.8) is 0 Å². The first-order valence-corrected chi connectivity index (χ1v) is 13.3. The minimum Gasteiger partial charge on any atom is -0.494 e. The van der Waals surface area contributed by atoms with E-state index in [0.29, 0.717) is 42.5 Å². The van der Waals surface area contributed by atoms with Gasteiger partial charge in [0, 0.05) is 37.3 Å². The normalized spacial score (nSPS) is 18.5. The first kappa shape index (κ1) is 24.7. The molecule has 35 heavy (non-hydrogen) atoms. The number of hydrogen-bond acceptors (Lipinski definition) is 6. The number of nitrogens with zero attached hydrogens (tertiary/aromatic N) is 2. The molecule has 2 aromatic rings. The number of nitrogens with one attached hydrogen (secondary N) is 2. The van der Waals surface area contributed by atoms with Gasteiger partial charge in [-0.2, -0.15) is 0 Å². The van der Waals surface area contributed by atoms with Gasteiger partial charge in [-0.15, -0.1) is 0 Å². The van der Waals surface area contributed by atoms with Gasteiger partial charge >= 0.3 is 0 Å². The van der Waals surface area contributed by atoms with E-state index >= 15 is 0 Å². The lowest BCUT2D eigenvalue weighted by atomic mass is 10.1. The van der Waals surface area contributed by atoms with Crippen molar-refractivity contribution in [2.24, 2.45) is 10.9 Å². The number of carbonyl (C=O) groups is 2.